The van der Waals surface area contributed by atoms with E-state index >= 15 is 0 Å². The molecular formula is C19H22Cl2N3S+. The molecule has 0 saturated carbocycles. The fraction of sp³-hybridized carbons (Fsp3) is 0.316. The molecule has 1 aliphatic rings. The molecule has 6 heteroatoms. The quantitative estimate of drug-likeness (QED) is 0.773. The summed E-state index contributed by atoms with van der Waals surface area (Å²) in [4.78, 5) is 3.69. The third-order valence-corrected chi connectivity index (χ3v) is 5.71. The Morgan fingerprint density at radius 3 is 2.72 bits per heavy atom. The number of anilines is 1. The molecule has 3 rings (SSSR count). The highest BCUT2D eigenvalue weighted by Crippen LogP contribution is 2.23. The van der Waals surface area contributed by atoms with Crippen LogP contribution in [0, 0.1) is 6.92 Å². The molecule has 0 radical (unpaired) electrons. The van der Waals surface area contributed by atoms with Crippen LogP contribution in [0.5, 0.6) is 0 Å². The highest BCUT2D eigenvalue weighted by molar-refractivity contribution is 7.80. The minimum absolute atomic E-state index is 0.748. The molecule has 2 aromatic carbocycles. The van der Waals surface area contributed by atoms with E-state index in [2.05, 4.69) is 16.3 Å². The molecule has 1 atom stereocenters. The maximum Gasteiger partial charge on any atom is 0.177 e. The standard InChI is InChI=1S/C19H21Cl2N3S/c1-14-16(20)8-4-9-18(14)22-19(25)24-11-5-10-23(13-24)12-15-6-2-3-7-17(15)21/h2-4,6-9H,5,10-13H2,1H3,(H,22,25)/p+1. The summed E-state index contributed by atoms with van der Waals surface area (Å²) in [6.45, 7) is 5.88. The molecule has 1 unspecified atom stereocenters. The van der Waals surface area contributed by atoms with Crippen LogP contribution in [0.2, 0.25) is 10.0 Å². The van der Waals surface area contributed by atoms with Crippen molar-refractivity contribution in [3.05, 3.63) is 63.6 Å². The highest BCUT2D eigenvalue weighted by atomic mass is 35.5. The molecule has 0 bridgehead atoms. The van der Waals surface area contributed by atoms with Gasteiger partial charge in [0, 0.05) is 34.3 Å². The minimum Gasteiger partial charge on any atom is -0.332 e. The van der Waals surface area contributed by atoms with Gasteiger partial charge in [-0.2, -0.15) is 0 Å². The van der Waals surface area contributed by atoms with Gasteiger partial charge in [-0.05, 0) is 42.9 Å². The van der Waals surface area contributed by atoms with Crippen LogP contribution in [0.25, 0.3) is 0 Å². The van der Waals surface area contributed by atoms with Crippen molar-refractivity contribution < 1.29 is 4.90 Å². The first kappa shape index (κ1) is 18.5. The van der Waals surface area contributed by atoms with Crippen molar-refractivity contribution in [2.45, 2.75) is 19.9 Å². The summed E-state index contributed by atoms with van der Waals surface area (Å²) >= 11 is 18.1. The van der Waals surface area contributed by atoms with Crippen LogP contribution in [0.15, 0.2) is 42.5 Å². The SMILES string of the molecule is Cc1c(Cl)cccc1NC(=S)N1CCC[NH+](Cc2ccccc2Cl)C1. The second-order valence-corrected chi connectivity index (χ2v) is 7.59. The zero-order valence-corrected chi connectivity index (χ0v) is 16.5. The molecule has 2 N–H and O–H groups in total. The van der Waals surface area contributed by atoms with Crippen molar-refractivity contribution in [2.75, 3.05) is 25.1 Å². The molecule has 1 saturated heterocycles. The number of rotatable bonds is 3. The molecular weight excluding hydrogens is 373 g/mol. The van der Waals surface area contributed by atoms with Crippen molar-refractivity contribution in [1.29, 1.82) is 0 Å². The van der Waals surface area contributed by atoms with Crippen LogP contribution < -0.4 is 10.2 Å². The Bertz CT molecular complexity index is 766. The Morgan fingerprint density at radius 2 is 1.92 bits per heavy atom. The van der Waals surface area contributed by atoms with Gasteiger partial charge in [-0.3, -0.25) is 0 Å². The van der Waals surface area contributed by atoms with Crippen LogP contribution in [0.4, 0.5) is 5.69 Å². The number of nitrogens with zero attached hydrogens (tertiary/aromatic N) is 1. The Kier molecular flexibility index (Phi) is 6.18. The third-order valence-electron chi connectivity index (χ3n) is 4.57. The van der Waals surface area contributed by atoms with E-state index in [0.717, 1.165) is 59.1 Å². The lowest BCUT2D eigenvalue weighted by Gasteiger charge is -2.34. The van der Waals surface area contributed by atoms with Crippen molar-refractivity contribution in [2.24, 2.45) is 0 Å². The number of hydrogen-bond acceptors (Lipinski definition) is 1. The number of quaternary nitrogens is 1. The molecule has 0 aliphatic carbocycles. The van der Waals surface area contributed by atoms with Gasteiger partial charge in [0.05, 0.1) is 6.54 Å². The third kappa shape index (κ3) is 4.64. The van der Waals surface area contributed by atoms with E-state index in [9.17, 15) is 0 Å². The monoisotopic (exact) mass is 394 g/mol. The second kappa shape index (κ2) is 8.37. The average molecular weight is 395 g/mol. The van der Waals surface area contributed by atoms with E-state index in [1.54, 1.807) is 0 Å². The molecule has 1 aliphatic heterocycles. The van der Waals surface area contributed by atoms with Gasteiger partial charge in [-0.1, -0.05) is 47.5 Å². The van der Waals surface area contributed by atoms with Gasteiger partial charge in [0.15, 0.2) is 11.8 Å². The van der Waals surface area contributed by atoms with Gasteiger partial charge in [-0.25, -0.2) is 0 Å². The lowest BCUT2D eigenvalue weighted by atomic mass is 10.2. The number of thiocarbonyl (C=S) groups is 1. The van der Waals surface area contributed by atoms with Crippen LogP contribution in [-0.4, -0.2) is 29.8 Å². The first-order chi connectivity index (χ1) is 12.0. The smallest absolute Gasteiger partial charge is 0.177 e. The fourth-order valence-corrected chi connectivity index (χ4v) is 3.76. The fourth-order valence-electron chi connectivity index (χ4n) is 3.11. The van der Waals surface area contributed by atoms with Crippen molar-refractivity contribution in [1.82, 2.24) is 4.90 Å². The molecule has 132 valence electrons. The van der Waals surface area contributed by atoms with Crippen LogP contribution in [-0.2, 0) is 6.54 Å². The summed E-state index contributed by atoms with van der Waals surface area (Å²) in [5.74, 6) is 0. The summed E-state index contributed by atoms with van der Waals surface area (Å²) in [6.07, 6.45) is 1.11. The van der Waals surface area contributed by atoms with Gasteiger partial charge in [-0.15, -0.1) is 0 Å². The van der Waals surface area contributed by atoms with E-state index in [-0.39, 0.29) is 0 Å². The summed E-state index contributed by atoms with van der Waals surface area (Å²) in [5.41, 5.74) is 3.17. The topological polar surface area (TPSA) is 19.7 Å². The molecule has 1 heterocycles. The minimum atomic E-state index is 0.748. The molecule has 0 aromatic heterocycles. The first-order valence-corrected chi connectivity index (χ1v) is 9.59. The molecule has 25 heavy (non-hydrogen) atoms. The largest absolute Gasteiger partial charge is 0.332 e. The molecule has 0 amide bonds. The molecule has 1 fully saturated rings. The van der Waals surface area contributed by atoms with Crippen LogP contribution >= 0.6 is 35.4 Å². The Morgan fingerprint density at radius 1 is 1.16 bits per heavy atom. The molecule has 2 aromatic rings. The van der Waals surface area contributed by atoms with E-state index in [1.807, 2.05) is 43.3 Å². The van der Waals surface area contributed by atoms with Crippen LogP contribution in [0.3, 0.4) is 0 Å². The average Bonchev–Trinajstić information content (AvgIpc) is 2.61. The zero-order chi connectivity index (χ0) is 17.8. The lowest BCUT2D eigenvalue weighted by molar-refractivity contribution is -0.927. The number of halogens is 2. The Labute approximate surface area is 164 Å². The molecule has 3 nitrogen and oxygen atoms in total. The number of benzene rings is 2. The van der Waals surface area contributed by atoms with Crippen molar-refractivity contribution in [3.63, 3.8) is 0 Å². The van der Waals surface area contributed by atoms with E-state index < -0.39 is 0 Å². The summed E-state index contributed by atoms with van der Waals surface area (Å²) in [5, 5.41) is 5.68. The Hall–Kier alpha value is -1.33. The summed E-state index contributed by atoms with van der Waals surface area (Å²) in [7, 11) is 0. The first-order valence-electron chi connectivity index (χ1n) is 8.42. The van der Waals surface area contributed by atoms with Crippen LogP contribution in [0.1, 0.15) is 17.5 Å². The maximum atomic E-state index is 6.30. The zero-order valence-electron chi connectivity index (χ0n) is 14.2. The number of hydrogen-bond donors (Lipinski definition) is 2. The lowest BCUT2D eigenvalue weighted by Crippen LogP contribution is -3.13. The van der Waals surface area contributed by atoms with E-state index in [0.29, 0.717) is 0 Å². The van der Waals surface area contributed by atoms with Gasteiger partial charge in [0.25, 0.3) is 0 Å². The van der Waals surface area contributed by atoms with E-state index in [1.165, 1.54) is 10.5 Å². The van der Waals surface area contributed by atoms with E-state index in [4.69, 9.17) is 35.4 Å². The predicted molar refractivity (Wildman–Crippen MR) is 110 cm³/mol. The van der Waals surface area contributed by atoms with Gasteiger partial charge >= 0.3 is 0 Å². The van der Waals surface area contributed by atoms with Crippen molar-refractivity contribution >= 4 is 46.2 Å². The van der Waals surface area contributed by atoms with Gasteiger partial charge in [0.1, 0.15) is 6.54 Å². The maximum absolute atomic E-state index is 6.30. The van der Waals surface area contributed by atoms with Gasteiger partial charge in [0.2, 0.25) is 0 Å². The van der Waals surface area contributed by atoms with Gasteiger partial charge < -0.3 is 15.1 Å². The number of nitrogens with one attached hydrogen (secondary N) is 2. The summed E-state index contributed by atoms with van der Waals surface area (Å²) in [6, 6.07) is 13.9. The predicted octanol–water partition coefficient (Wildman–Crippen LogP) is 3.75. The normalized spacial score (nSPS) is 17.4. The second-order valence-electron chi connectivity index (χ2n) is 6.39. The van der Waals surface area contributed by atoms with Crippen molar-refractivity contribution in [3.8, 4) is 0 Å². The highest BCUT2D eigenvalue weighted by Gasteiger charge is 2.23. The summed E-state index contributed by atoms with van der Waals surface area (Å²) < 4.78 is 0. The Balaban J connectivity index is 1.63. The molecule has 0 spiro atoms.